The van der Waals surface area contributed by atoms with Crippen LogP contribution < -0.4 is 16.0 Å². The monoisotopic (exact) mass is 604 g/mol. The summed E-state index contributed by atoms with van der Waals surface area (Å²) in [4.78, 5) is 49.6. The van der Waals surface area contributed by atoms with Gasteiger partial charge in [0, 0.05) is 34.0 Å². The highest BCUT2D eigenvalue weighted by molar-refractivity contribution is 8.00. The first-order chi connectivity index (χ1) is 20.2. The fourth-order valence-electron chi connectivity index (χ4n) is 3.58. The standard InChI is InChI=1S/C30H22ClFN4O5S/c31-25-17-22(11-14-26(25)32)33-28(37)18-42-24-8-4-7-21(16-24)34-30(39)27(35-29(38)20-5-2-1-3-6-20)15-19-9-12-23(13-10-19)36(40)41/h1-17H,18H2,(H,33,37)(H,34,39)(H,35,38)/b27-15+. The fourth-order valence-corrected chi connectivity index (χ4v) is 4.52. The molecule has 0 aliphatic carbocycles. The number of rotatable bonds is 10. The second-order valence-electron chi connectivity index (χ2n) is 8.67. The Labute approximate surface area is 248 Å². The molecule has 3 N–H and O–H groups in total. The molecule has 0 saturated heterocycles. The molecule has 4 aromatic carbocycles. The molecule has 4 aromatic rings. The van der Waals surface area contributed by atoms with Gasteiger partial charge in [0.2, 0.25) is 5.91 Å². The molecule has 12 heteroatoms. The highest BCUT2D eigenvalue weighted by atomic mass is 35.5. The highest BCUT2D eigenvalue weighted by Gasteiger charge is 2.16. The van der Waals surface area contributed by atoms with Crippen LogP contribution in [0, 0.1) is 15.9 Å². The maximum Gasteiger partial charge on any atom is 0.272 e. The van der Waals surface area contributed by atoms with Gasteiger partial charge in [-0.25, -0.2) is 4.39 Å². The lowest BCUT2D eigenvalue weighted by Gasteiger charge is -2.12. The van der Waals surface area contributed by atoms with Crippen LogP contribution in [0.3, 0.4) is 0 Å². The van der Waals surface area contributed by atoms with E-state index < -0.39 is 22.6 Å². The number of thioether (sulfide) groups is 1. The molecular formula is C30H22ClFN4O5S. The SMILES string of the molecule is O=C(CSc1cccc(NC(=O)/C(=C\c2ccc([N+](=O)[O-])cc2)NC(=O)c2ccccc2)c1)Nc1ccc(F)c(Cl)c1. The predicted octanol–water partition coefficient (Wildman–Crippen LogP) is 6.53. The van der Waals surface area contributed by atoms with Gasteiger partial charge in [0.1, 0.15) is 11.5 Å². The van der Waals surface area contributed by atoms with Gasteiger partial charge in [0.15, 0.2) is 0 Å². The minimum Gasteiger partial charge on any atom is -0.325 e. The molecule has 0 fully saturated rings. The van der Waals surface area contributed by atoms with E-state index in [1.165, 1.54) is 54.2 Å². The first kappa shape index (κ1) is 30.0. The van der Waals surface area contributed by atoms with Gasteiger partial charge < -0.3 is 16.0 Å². The lowest BCUT2D eigenvalue weighted by Crippen LogP contribution is -2.30. The molecule has 0 saturated carbocycles. The molecule has 0 aromatic heterocycles. The Hall–Kier alpha value is -5.00. The zero-order valence-electron chi connectivity index (χ0n) is 21.7. The molecule has 0 atom stereocenters. The first-order valence-electron chi connectivity index (χ1n) is 12.3. The van der Waals surface area contributed by atoms with Gasteiger partial charge in [0.25, 0.3) is 17.5 Å². The minimum absolute atomic E-state index is 0.0326. The number of anilines is 2. The Kier molecular flexibility index (Phi) is 10.0. The van der Waals surface area contributed by atoms with Crippen LogP contribution in [0.5, 0.6) is 0 Å². The summed E-state index contributed by atoms with van der Waals surface area (Å²) in [6.45, 7) is 0. The van der Waals surface area contributed by atoms with Crippen molar-refractivity contribution in [3.63, 3.8) is 0 Å². The van der Waals surface area contributed by atoms with Crippen LogP contribution in [-0.2, 0) is 9.59 Å². The van der Waals surface area contributed by atoms with E-state index in [2.05, 4.69) is 16.0 Å². The van der Waals surface area contributed by atoms with Crippen molar-refractivity contribution in [2.45, 2.75) is 4.90 Å². The van der Waals surface area contributed by atoms with Crippen LogP contribution in [0.25, 0.3) is 6.08 Å². The third kappa shape index (κ3) is 8.50. The molecular weight excluding hydrogens is 583 g/mol. The molecule has 0 aliphatic rings. The summed E-state index contributed by atoms with van der Waals surface area (Å²) in [5, 5.41) is 18.9. The van der Waals surface area contributed by atoms with E-state index in [0.29, 0.717) is 27.4 Å². The average molecular weight is 605 g/mol. The summed E-state index contributed by atoms with van der Waals surface area (Å²) in [6.07, 6.45) is 1.41. The van der Waals surface area contributed by atoms with E-state index in [9.17, 15) is 28.9 Å². The average Bonchev–Trinajstić information content (AvgIpc) is 2.98. The topological polar surface area (TPSA) is 130 Å². The number of nitro groups is 1. The van der Waals surface area contributed by atoms with Crippen molar-refractivity contribution in [1.82, 2.24) is 5.32 Å². The number of carbonyl (C=O) groups is 3. The second kappa shape index (κ2) is 14.1. The lowest BCUT2D eigenvalue weighted by atomic mass is 10.1. The Morgan fingerprint density at radius 2 is 1.60 bits per heavy atom. The summed E-state index contributed by atoms with van der Waals surface area (Å²) >= 11 is 6.96. The van der Waals surface area contributed by atoms with Gasteiger partial charge >= 0.3 is 0 Å². The number of amides is 3. The summed E-state index contributed by atoms with van der Waals surface area (Å²) in [5.41, 5.74) is 1.34. The zero-order chi connectivity index (χ0) is 30.1. The van der Waals surface area contributed by atoms with Crippen LogP contribution in [0.1, 0.15) is 15.9 Å². The molecule has 0 spiro atoms. The molecule has 9 nitrogen and oxygen atoms in total. The Morgan fingerprint density at radius 3 is 2.29 bits per heavy atom. The number of carbonyl (C=O) groups excluding carboxylic acids is 3. The van der Waals surface area contributed by atoms with E-state index in [1.807, 2.05) is 0 Å². The van der Waals surface area contributed by atoms with Crippen molar-refractivity contribution >= 4 is 64.2 Å². The molecule has 3 amide bonds. The smallest absolute Gasteiger partial charge is 0.272 e. The quantitative estimate of drug-likeness (QED) is 0.0817. The van der Waals surface area contributed by atoms with Crippen LogP contribution in [0.4, 0.5) is 21.5 Å². The predicted molar refractivity (Wildman–Crippen MR) is 161 cm³/mol. The number of hydrogen-bond acceptors (Lipinski definition) is 6. The number of nitrogens with zero attached hydrogens (tertiary/aromatic N) is 1. The Morgan fingerprint density at radius 1 is 0.881 bits per heavy atom. The maximum absolute atomic E-state index is 13.3. The van der Waals surface area contributed by atoms with Gasteiger partial charge in [-0.3, -0.25) is 24.5 Å². The number of nitro benzene ring substituents is 1. The normalized spacial score (nSPS) is 11.0. The molecule has 212 valence electrons. The molecule has 0 unspecified atom stereocenters. The first-order valence-corrected chi connectivity index (χ1v) is 13.7. The van der Waals surface area contributed by atoms with E-state index in [-0.39, 0.29) is 28.1 Å². The number of nitrogens with one attached hydrogen (secondary N) is 3. The summed E-state index contributed by atoms with van der Waals surface area (Å²) in [6, 6.07) is 24.5. The zero-order valence-corrected chi connectivity index (χ0v) is 23.2. The van der Waals surface area contributed by atoms with Crippen molar-refractivity contribution in [3.8, 4) is 0 Å². The third-order valence-corrected chi connectivity index (χ3v) is 6.89. The van der Waals surface area contributed by atoms with Gasteiger partial charge in [0.05, 0.1) is 15.7 Å². The number of non-ortho nitro benzene ring substituents is 1. The van der Waals surface area contributed by atoms with Gasteiger partial charge in [-0.15, -0.1) is 11.8 Å². The molecule has 4 rings (SSSR count). The van der Waals surface area contributed by atoms with Gasteiger partial charge in [-0.1, -0.05) is 35.9 Å². The number of hydrogen-bond donors (Lipinski definition) is 3. The van der Waals surface area contributed by atoms with E-state index in [4.69, 9.17) is 11.6 Å². The van der Waals surface area contributed by atoms with Crippen LogP contribution in [-0.4, -0.2) is 28.4 Å². The van der Waals surface area contributed by atoms with E-state index in [1.54, 1.807) is 54.6 Å². The summed E-state index contributed by atoms with van der Waals surface area (Å²) in [7, 11) is 0. The van der Waals surface area contributed by atoms with Crippen molar-refractivity contribution in [2.24, 2.45) is 0 Å². The van der Waals surface area contributed by atoms with Gasteiger partial charge in [-0.05, 0) is 72.3 Å². The van der Waals surface area contributed by atoms with Crippen molar-refractivity contribution in [1.29, 1.82) is 0 Å². The van der Waals surface area contributed by atoms with Crippen LogP contribution >= 0.6 is 23.4 Å². The largest absolute Gasteiger partial charge is 0.325 e. The third-order valence-electron chi connectivity index (χ3n) is 5.61. The molecule has 0 bridgehead atoms. The van der Waals surface area contributed by atoms with Crippen LogP contribution in [0.15, 0.2) is 108 Å². The molecule has 0 radical (unpaired) electrons. The molecule has 0 heterocycles. The maximum atomic E-state index is 13.3. The molecule has 42 heavy (non-hydrogen) atoms. The highest BCUT2D eigenvalue weighted by Crippen LogP contribution is 2.24. The van der Waals surface area contributed by atoms with E-state index >= 15 is 0 Å². The summed E-state index contributed by atoms with van der Waals surface area (Å²) in [5.74, 6) is -2.05. The summed E-state index contributed by atoms with van der Waals surface area (Å²) < 4.78 is 13.3. The van der Waals surface area contributed by atoms with Crippen LogP contribution in [0.2, 0.25) is 5.02 Å². The van der Waals surface area contributed by atoms with Crippen molar-refractivity contribution < 1.29 is 23.7 Å². The number of benzene rings is 4. The Balaban J connectivity index is 1.46. The van der Waals surface area contributed by atoms with E-state index in [0.717, 1.165) is 6.07 Å². The molecule has 0 aliphatic heterocycles. The van der Waals surface area contributed by atoms with Crippen molar-refractivity contribution in [3.05, 3.63) is 135 Å². The second-order valence-corrected chi connectivity index (χ2v) is 10.1. The lowest BCUT2D eigenvalue weighted by molar-refractivity contribution is -0.384. The fraction of sp³-hybridized carbons (Fsp3) is 0.0333. The van der Waals surface area contributed by atoms with Gasteiger partial charge in [-0.2, -0.15) is 0 Å². The Bertz CT molecular complexity index is 1670. The van der Waals surface area contributed by atoms with Crippen molar-refractivity contribution in [2.75, 3.05) is 16.4 Å². The minimum atomic E-state index is -0.634. The number of halogens is 2.